The number of hydrogen-bond donors (Lipinski definition) is 1. The molecule has 3 aromatic heterocycles. The van der Waals surface area contributed by atoms with Crippen LogP contribution in [0.5, 0.6) is 0 Å². The van der Waals surface area contributed by atoms with Gasteiger partial charge in [-0.1, -0.05) is 77.7 Å². The van der Waals surface area contributed by atoms with Gasteiger partial charge in [-0.2, -0.15) is 0 Å². The fourth-order valence-electron chi connectivity index (χ4n) is 3.83. The Morgan fingerprint density at radius 3 is 2.50 bits per heavy atom. The molecule has 6 rings (SSSR count). The summed E-state index contributed by atoms with van der Waals surface area (Å²) in [4.78, 5) is 22.1. The van der Waals surface area contributed by atoms with Crippen molar-refractivity contribution in [2.24, 2.45) is 0 Å². The number of hydrogen-bond acceptors (Lipinski definition) is 7. The molecule has 0 radical (unpaired) electrons. The molecular weight excluding hydrogens is 464 g/mol. The predicted molar refractivity (Wildman–Crippen MR) is 137 cm³/mol. The maximum Gasteiger partial charge on any atom is 0.236 e. The third kappa shape index (κ3) is 4.00. The standard InChI is InChI=1S/C25H18N6OS2/c32-22(28-24-27-19-12-6-7-13-20(19)34-24)15-33-25-30-29-23-17-10-4-5-11-18(17)26-21(31(23)25)14-16-8-2-1-3-9-16/h1-13H,14-15H2,(H,27,28,32). The quantitative estimate of drug-likeness (QED) is 0.328. The molecule has 0 saturated carbocycles. The van der Waals surface area contributed by atoms with E-state index in [4.69, 9.17) is 4.98 Å². The van der Waals surface area contributed by atoms with Crippen LogP contribution in [0.15, 0.2) is 84.0 Å². The fraction of sp³-hybridized carbons (Fsp3) is 0.0800. The summed E-state index contributed by atoms with van der Waals surface area (Å²) in [5.41, 5.74) is 3.64. The van der Waals surface area contributed by atoms with Crippen LogP contribution in [0.3, 0.4) is 0 Å². The summed E-state index contributed by atoms with van der Waals surface area (Å²) in [7, 11) is 0. The molecule has 0 aliphatic heterocycles. The Kier molecular flexibility index (Phi) is 5.40. The summed E-state index contributed by atoms with van der Waals surface area (Å²) in [6, 6.07) is 25.9. The number of thiazole rings is 1. The summed E-state index contributed by atoms with van der Waals surface area (Å²) in [5, 5.41) is 13.9. The highest BCUT2D eigenvalue weighted by molar-refractivity contribution is 7.99. The van der Waals surface area contributed by atoms with E-state index < -0.39 is 0 Å². The zero-order chi connectivity index (χ0) is 22.9. The molecule has 1 amide bonds. The normalized spacial score (nSPS) is 11.4. The van der Waals surface area contributed by atoms with Gasteiger partial charge in [0.05, 0.1) is 21.5 Å². The van der Waals surface area contributed by atoms with Crippen molar-refractivity contribution in [1.29, 1.82) is 0 Å². The monoisotopic (exact) mass is 482 g/mol. The van der Waals surface area contributed by atoms with Gasteiger partial charge in [-0.05, 0) is 29.8 Å². The highest BCUT2D eigenvalue weighted by atomic mass is 32.2. The summed E-state index contributed by atoms with van der Waals surface area (Å²) in [6.45, 7) is 0. The Labute approximate surface area is 202 Å². The van der Waals surface area contributed by atoms with Gasteiger partial charge in [0.25, 0.3) is 0 Å². The third-order valence-electron chi connectivity index (χ3n) is 5.36. The lowest BCUT2D eigenvalue weighted by Gasteiger charge is -2.09. The predicted octanol–water partition coefficient (Wildman–Crippen LogP) is 5.21. The first-order valence-electron chi connectivity index (χ1n) is 10.7. The molecule has 0 aliphatic rings. The molecule has 0 unspecified atom stereocenters. The van der Waals surface area contributed by atoms with Crippen LogP contribution in [0.4, 0.5) is 5.13 Å². The van der Waals surface area contributed by atoms with Gasteiger partial charge in [-0.15, -0.1) is 10.2 Å². The molecule has 7 nitrogen and oxygen atoms in total. The minimum Gasteiger partial charge on any atom is -0.301 e. The van der Waals surface area contributed by atoms with Gasteiger partial charge in [0, 0.05) is 11.8 Å². The van der Waals surface area contributed by atoms with E-state index in [2.05, 4.69) is 32.6 Å². The minimum atomic E-state index is -0.140. The van der Waals surface area contributed by atoms with Crippen molar-refractivity contribution in [3.8, 4) is 0 Å². The number of nitrogens with zero attached hydrogens (tertiary/aromatic N) is 5. The van der Waals surface area contributed by atoms with Crippen molar-refractivity contribution >= 4 is 60.9 Å². The number of thioether (sulfide) groups is 1. The molecule has 166 valence electrons. The maximum absolute atomic E-state index is 12.7. The van der Waals surface area contributed by atoms with Crippen LogP contribution >= 0.6 is 23.1 Å². The van der Waals surface area contributed by atoms with Crippen molar-refractivity contribution in [3.63, 3.8) is 0 Å². The SMILES string of the molecule is O=C(CSc1nnc2c3ccccc3nc(Cc3ccccc3)n12)Nc1nc2ccccc2s1. The van der Waals surface area contributed by atoms with Gasteiger partial charge in [-0.25, -0.2) is 9.97 Å². The van der Waals surface area contributed by atoms with Gasteiger partial charge in [0.1, 0.15) is 5.82 Å². The Hall–Kier alpha value is -3.82. The third-order valence-corrected chi connectivity index (χ3v) is 7.24. The van der Waals surface area contributed by atoms with Crippen molar-refractivity contribution in [1.82, 2.24) is 24.6 Å². The molecule has 0 spiro atoms. The van der Waals surface area contributed by atoms with E-state index in [1.165, 1.54) is 23.1 Å². The van der Waals surface area contributed by atoms with Crippen molar-refractivity contribution < 1.29 is 4.79 Å². The first-order valence-corrected chi connectivity index (χ1v) is 12.5. The molecule has 0 saturated heterocycles. The highest BCUT2D eigenvalue weighted by Gasteiger charge is 2.17. The molecule has 3 aromatic carbocycles. The van der Waals surface area contributed by atoms with Crippen LogP contribution in [0, 0.1) is 0 Å². The first-order chi connectivity index (χ1) is 16.7. The van der Waals surface area contributed by atoms with E-state index >= 15 is 0 Å². The molecule has 34 heavy (non-hydrogen) atoms. The molecule has 6 aromatic rings. The second kappa shape index (κ2) is 8.85. The average molecular weight is 483 g/mol. The smallest absolute Gasteiger partial charge is 0.236 e. The highest BCUT2D eigenvalue weighted by Crippen LogP contribution is 2.27. The van der Waals surface area contributed by atoms with Crippen LogP contribution in [0.25, 0.3) is 26.8 Å². The van der Waals surface area contributed by atoms with Crippen LogP contribution < -0.4 is 5.32 Å². The number of fused-ring (bicyclic) bond motifs is 4. The molecular formula is C25H18N6OS2. The lowest BCUT2D eigenvalue weighted by atomic mass is 10.1. The van der Waals surface area contributed by atoms with E-state index in [9.17, 15) is 4.79 Å². The second-order valence-electron chi connectivity index (χ2n) is 7.67. The van der Waals surface area contributed by atoms with Gasteiger partial charge in [0.15, 0.2) is 15.9 Å². The van der Waals surface area contributed by atoms with E-state index in [1.807, 2.05) is 71.1 Å². The van der Waals surface area contributed by atoms with Gasteiger partial charge in [-0.3, -0.25) is 9.20 Å². The fourth-order valence-corrected chi connectivity index (χ4v) is 5.46. The molecule has 0 atom stereocenters. The lowest BCUT2D eigenvalue weighted by Crippen LogP contribution is -2.14. The number of rotatable bonds is 6. The summed E-state index contributed by atoms with van der Waals surface area (Å²) in [5.74, 6) is 0.882. The minimum absolute atomic E-state index is 0.140. The Bertz CT molecular complexity index is 1610. The number of anilines is 1. The van der Waals surface area contributed by atoms with Crippen LogP contribution in [0.2, 0.25) is 0 Å². The number of benzene rings is 3. The molecule has 1 N–H and O–H groups in total. The Morgan fingerprint density at radius 2 is 1.65 bits per heavy atom. The number of aromatic nitrogens is 5. The van der Waals surface area contributed by atoms with Gasteiger partial charge < -0.3 is 5.32 Å². The largest absolute Gasteiger partial charge is 0.301 e. The topological polar surface area (TPSA) is 85.1 Å². The average Bonchev–Trinajstić information content (AvgIpc) is 3.47. The lowest BCUT2D eigenvalue weighted by molar-refractivity contribution is -0.113. The zero-order valence-corrected chi connectivity index (χ0v) is 19.5. The summed E-state index contributed by atoms with van der Waals surface area (Å²) < 4.78 is 3.00. The maximum atomic E-state index is 12.7. The number of amides is 1. The van der Waals surface area contributed by atoms with Crippen molar-refractivity contribution in [2.45, 2.75) is 11.6 Å². The van der Waals surface area contributed by atoms with Crippen LogP contribution in [-0.4, -0.2) is 36.2 Å². The van der Waals surface area contributed by atoms with Gasteiger partial charge in [0.2, 0.25) is 5.91 Å². The second-order valence-corrected chi connectivity index (χ2v) is 9.65. The molecule has 0 bridgehead atoms. The molecule has 0 aliphatic carbocycles. The van der Waals surface area contributed by atoms with Crippen LogP contribution in [0.1, 0.15) is 11.4 Å². The Morgan fingerprint density at radius 1 is 0.882 bits per heavy atom. The molecule has 0 fully saturated rings. The zero-order valence-electron chi connectivity index (χ0n) is 17.9. The molecule has 9 heteroatoms. The van der Waals surface area contributed by atoms with E-state index in [0.717, 1.165) is 38.2 Å². The molecule has 3 heterocycles. The number of para-hydroxylation sites is 2. The number of carbonyl (C=O) groups is 1. The Balaban J connectivity index is 1.29. The first kappa shape index (κ1) is 20.8. The van der Waals surface area contributed by atoms with Crippen molar-refractivity contribution in [3.05, 3.63) is 90.3 Å². The number of carbonyl (C=O) groups excluding carboxylic acids is 1. The van der Waals surface area contributed by atoms with E-state index in [-0.39, 0.29) is 11.7 Å². The van der Waals surface area contributed by atoms with E-state index in [1.54, 1.807) is 0 Å². The van der Waals surface area contributed by atoms with Crippen molar-refractivity contribution in [2.75, 3.05) is 11.1 Å². The summed E-state index contributed by atoms with van der Waals surface area (Å²) >= 11 is 2.80. The number of nitrogens with one attached hydrogen (secondary N) is 1. The summed E-state index contributed by atoms with van der Waals surface area (Å²) in [6.07, 6.45) is 0.631. The van der Waals surface area contributed by atoms with Crippen LogP contribution in [-0.2, 0) is 11.2 Å². The van der Waals surface area contributed by atoms with E-state index in [0.29, 0.717) is 16.7 Å². The van der Waals surface area contributed by atoms with Gasteiger partial charge >= 0.3 is 0 Å².